The van der Waals surface area contributed by atoms with Gasteiger partial charge in [0, 0.05) is 17.4 Å². The number of carbonyl (C=O) groups excluding carboxylic acids is 1. The summed E-state index contributed by atoms with van der Waals surface area (Å²) in [6.45, 7) is 2.74. The summed E-state index contributed by atoms with van der Waals surface area (Å²) < 4.78 is 5.36. The zero-order valence-electron chi connectivity index (χ0n) is 12.2. The van der Waals surface area contributed by atoms with Gasteiger partial charge in [-0.2, -0.15) is 11.8 Å². The molecule has 1 atom stereocenters. The number of benzene rings is 1. The first kappa shape index (κ1) is 17.2. The van der Waals surface area contributed by atoms with Gasteiger partial charge in [-0.25, -0.2) is 0 Å². The summed E-state index contributed by atoms with van der Waals surface area (Å²) in [5, 5.41) is 14.8. The minimum absolute atomic E-state index is 0.0298. The molecule has 6 nitrogen and oxygen atoms in total. The van der Waals surface area contributed by atoms with Crippen LogP contribution in [0.15, 0.2) is 29.4 Å². The van der Waals surface area contributed by atoms with E-state index in [9.17, 15) is 4.79 Å². The van der Waals surface area contributed by atoms with Crippen LogP contribution in [0.1, 0.15) is 18.9 Å². The first-order valence-electron chi connectivity index (χ1n) is 6.57. The number of ether oxygens (including phenoxy) is 1. The molecule has 1 aromatic carbocycles. The van der Waals surface area contributed by atoms with Crippen molar-refractivity contribution in [3.05, 3.63) is 29.8 Å². The number of carbonyl (C=O) groups is 1. The van der Waals surface area contributed by atoms with Crippen molar-refractivity contribution >= 4 is 23.5 Å². The molecular formula is C14H21N3O3S. The molecule has 0 aliphatic heterocycles. The van der Waals surface area contributed by atoms with E-state index in [1.54, 1.807) is 36.0 Å². The molecule has 0 spiro atoms. The van der Waals surface area contributed by atoms with Gasteiger partial charge in [-0.05, 0) is 36.9 Å². The van der Waals surface area contributed by atoms with Crippen LogP contribution >= 0.6 is 11.8 Å². The van der Waals surface area contributed by atoms with Gasteiger partial charge in [-0.1, -0.05) is 12.1 Å². The SMILES string of the molecule is CSC(C)CCNC(=O)COc1ccc(/C(N)=N/O)cc1. The molecule has 116 valence electrons. The molecular weight excluding hydrogens is 290 g/mol. The van der Waals surface area contributed by atoms with Crippen LogP contribution < -0.4 is 15.8 Å². The zero-order chi connectivity index (χ0) is 15.7. The van der Waals surface area contributed by atoms with Crippen molar-refractivity contribution < 1.29 is 14.7 Å². The highest BCUT2D eigenvalue weighted by molar-refractivity contribution is 7.99. The first-order chi connectivity index (χ1) is 10.1. The lowest BCUT2D eigenvalue weighted by Gasteiger charge is -2.10. The van der Waals surface area contributed by atoms with Gasteiger partial charge in [0.05, 0.1) is 0 Å². The van der Waals surface area contributed by atoms with E-state index in [0.29, 0.717) is 23.1 Å². The molecule has 0 bridgehead atoms. The van der Waals surface area contributed by atoms with E-state index in [1.165, 1.54) is 0 Å². The van der Waals surface area contributed by atoms with E-state index in [1.807, 2.05) is 6.26 Å². The highest BCUT2D eigenvalue weighted by Gasteiger charge is 2.05. The maximum Gasteiger partial charge on any atom is 0.257 e. The Morgan fingerprint density at radius 2 is 2.14 bits per heavy atom. The van der Waals surface area contributed by atoms with Crippen LogP contribution in [0, 0.1) is 0 Å². The molecule has 1 unspecified atom stereocenters. The molecule has 0 fully saturated rings. The Balaban J connectivity index is 2.33. The van der Waals surface area contributed by atoms with Gasteiger partial charge >= 0.3 is 0 Å². The number of rotatable bonds is 8. The summed E-state index contributed by atoms with van der Waals surface area (Å²) in [7, 11) is 0. The lowest BCUT2D eigenvalue weighted by Crippen LogP contribution is -2.30. The summed E-state index contributed by atoms with van der Waals surface area (Å²) in [6.07, 6.45) is 2.98. The van der Waals surface area contributed by atoms with Gasteiger partial charge in [-0.15, -0.1) is 0 Å². The second-order valence-corrected chi connectivity index (χ2v) is 5.76. The molecule has 0 saturated heterocycles. The first-order valence-corrected chi connectivity index (χ1v) is 7.86. The summed E-state index contributed by atoms with van der Waals surface area (Å²) in [4.78, 5) is 11.6. The molecule has 0 aliphatic carbocycles. The van der Waals surface area contributed by atoms with Crippen molar-refractivity contribution in [3.8, 4) is 5.75 Å². The Kier molecular flexibility index (Phi) is 7.45. The number of hydrogen-bond acceptors (Lipinski definition) is 5. The molecule has 1 amide bonds. The normalized spacial score (nSPS) is 12.8. The second kappa shape index (κ2) is 9.12. The molecule has 7 heteroatoms. The fourth-order valence-electron chi connectivity index (χ4n) is 1.51. The van der Waals surface area contributed by atoms with Crippen molar-refractivity contribution in [2.75, 3.05) is 19.4 Å². The van der Waals surface area contributed by atoms with Crippen LogP contribution in [0.25, 0.3) is 0 Å². The van der Waals surface area contributed by atoms with E-state index < -0.39 is 0 Å². The molecule has 0 aromatic heterocycles. The Bertz CT molecular complexity index is 477. The number of nitrogens with one attached hydrogen (secondary N) is 1. The van der Waals surface area contributed by atoms with Crippen LogP contribution in [-0.4, -0.2) is 41.6 Å². The number of amidine groups is 1. The third kappa shape index (κ3) is 6.40. The standard InChI is InChI=1S/C14H21N3O3S/c1-10(21-2)7-8-16-13(18)9-20-12-5-3-11(4-6-12)14(15)17-19/h3-6,10,19H,7-9H2,1-2H3,(H2,15,17)(H,16,18). The average Bonchev–Trinajstić information content (AvgIpc) is 2.52. The van der Waals surface area contributed by atoms with Crippen LogP contribution in [0.3, 0.4) is 0 Å². The van der Waals surface area contributed by atoms with Gasteiger partial charge in [-0.3, -0.25) is 4.79 Å². The van der Waals surface area contributed by atoms with Crippen molar-refractivity contribution in [2.24, 2.45) is 10.9 Å². The monoisotopic (exact) mass is 311 g/mol. The molecule has 0 aliphatic rings. The van der Waals surface area contributed by atoms with Gasteiger partial charge < -0.3 is 21.0 Å². The summed E-state index contributed by atoms with van der Waals surface area (Å²) in [5.74, 6) is 0.433. The van der Waals surface area contributed by atoms with Crippen molar-refractivity contribution in [2.45, 2.75) is 18.6 Å². The van der Waals surface area contributed by atoms with E-state index in [4.69, 9.17) is 15.7 Å². The average molecular weight is 311 g/mol. The Morgan fingerprint density at radius 3 is 2.71 bits per heavy atom. The van der Waals surface area contributed by atoms with E-state index in [2.05, 4.69) is 17.4 Å². The summed E-state index contributed by atoms with van der Waals surface area (Å²) >= 11 is 1.77. The maximum absolute atomic E-state index is 11.6. The highest BCUT2D eigenvalue weighted by atomic mass is 32.2. The predicted molar refractivity (Wildman–Crippen MR) is 85.1 cm³/mol. The molecule has 0 heterocycles. The second-order valence-electron chi connectivity index (χ2n) is 4.48. The number of nitrogens with two attached hydrogens (primary N) is 1. The molecule has 1 aromatic rings. The molecule has 0 radical (unpaired) electrons. The summed E-state index contributed by atoms with van der Waals surface area (Å²) in [6, 6.07) is 6.64. The highest BCUT2D eigenvalue weighted by Crippen LogP contribution is 2.12. The quantitative estimate of drug-likeness (QED) is 0.292. The van der Waals surface area contributed by atoms with Gasteiger partial charge in [0.25, 0.3) is 5.91 Å². The van der Waals surface area contributed by atoms with E-state index in [-0.39, 0.29) is 18.3 Å². The minimum atomic E-state index is -0.149. The third-order valence-electron chi connectivity index (χ3n) is 2.90. The third-order valence-corrected chi connectivity index (χ3v) is 3.94. The van der Waals surface area contributed by atoms with Crippen molar-refractivity contribution in [1.82, 2.24) is 5.32 Å². The van der Waals surface area contributed by atoms with Gasteiger partial charge in [0.15, 0.2) is 12.4 Å². The minimum Gasteiger partial charge on any atom is -0.484 e. The Morgan fingerprint density at radius 1 is 1.48 bits per heavy atom. The fourth-order valence-corrected chi connectivity index (χ4v) is 1.87. The van der Waals surface area contributed by atoms with Crippen molar-refractivity contribution in [3.63, 3.8) is 0 Å². The van der Waals surface area contributed by atoms with Gasteiger partial charge in [0.2, 0.25) is 0 Å². The Labute approximate surface area is 128 Å². The molecule has 4 N–H and O–H groups in total. The lowest BCUT2D eigenvalue weighted by molar-refractivity contribution is -0.123. The molecule has 0 saturated carbocycles. The van der Waals surface area contributed by atoms with Crippen molar-refractivity contribution in [1.29, 1.82) is 0 Å². The van der Waals surface area contributed by atoms with Crippen LogP contribution in [-0.2, 0) is 4.79 Å². The molecule has 21 heavy (non-hydrogen) atoms. The Hall–Kier alpha value is -1.89. The van der Waals surface area contributed by atoms with Crippen LogP contribution in [0.5, 0.6) is 5.75 Å². The van der Waals surface area contributed by atoms with E-state index >= 15 is 0 Å². The number of nitrogens with zero attached hydrogens (tertiary/aromatic N) is 1. The number of oxime groups is 1. The molecule has 1 rings (SSSR count). The van der Waals surface area contributed by atoms with Gasteiger partial charge in [0.1, 0.15) is 5.75 Å². The smallest absolute Gasteiger partial charge is 0.257 e. The maximum atomic E-state index is 11.6. The number of hydrogen-bond donors (Lipinski definition) is 3. The predicted octanol–water partition coefficient (Wildman–Crippen LogP) is 1.42. The largest absolute Gasteiger partial charge is 0.484 e. The lowest BCUT2D eigenvalue weighted by atomic mass is 10.2. The summed E-state index contributed by atoms with van der Waals surface area (Å²) in [5.41, 5.74) is 6.03. The van der Waals surface area contributed by atoms with Crippen LogP contribution in [0.4, 0.5) is 0 Å². The number of thioether (sulfide) groups is 1. The number of amides is 1. The topological polar surface area (TPSA) is 96.9 Å². The van der Waals surface area contributed by atoms with Crippen LogP contribution in [0.2, 0.25) is 0 Å². The van der Waals surface area contributed by atoms with E-state index in [0.717, 1.165) is 6.42 Å². The zero-order valence-corrected chi connectivity index (χ0v) is 13.0. The fraction of sp³-hybridized carbons (Fsp3) is 0.429.